The normalized spacial score (nSPS) is 10.3. The molecule has 0 atom stereocenters. The van der Waals surface area contributed by atoms with Crippen molar-refractivity contribution in [3.05, 3.63) is 66.1 Å². The average molecular weight is 380 g/mol. The number of urea groups is 1. The minimum Gasteiger partial charge on any atom is -0.456 e. The maximum atomic E-state index is 11.8. The molecule has 1 heterocycles. The second-order valence-corrected chi connectivity index (χ2v) is 5.98. The zero-order valence-corrected chi connectivity index (χ0v) is 15.3. The lowest BCUT2D eigenvalue weighted by molar-refractivity contribution is -0.145. The van der Waals surface area contributed by atoms with Gasteiger partial charge in [0.05, 0.1) is 6.42 Å². The van der Waals surface area contributed by atoms with E-state index in [0.717, 1.165) is 11.1 Å². The molecule has 144 valence electrons. The number of hydrogen-bond acceptors (Lipinski definition) is 6. The molecule has 0 saturated heterocycles. The fraction of sp³-hybridized carbons (Fsp3) is 0.200. The van der Waals surface area contributed by atoms with Crippen LogP contribution in [0.2, 0.25) is 0 Å². The van der Waals surface area contributed by atoms with E-state index >= 15 is 0 Å². The van der Waals surface area contributed by atoms with Crippen LogP contribution in [0, 0.1) is 6.92 Å². The molecule has 0 fully saturated rings. The van der Waals surface area contributed by atoms with E-state index in [0.29, 0.717) is 11.5 Å². The smallest absolute Gasteiger partial charge is 0.319 e. The van der Waals surface area contributed by atoms with Crippen LogP contribution >= 0.6 is 0 Å². The van der Waals surface area contributed by atoms with Gasteiger partial charge < -0.3 is 19.9 Å². The van der Waals surface area contributed by atoms with Gasteiger partial charge in [-0.1, -0.05) is 47.6 Å². The Morgan fingerprint density at radius 1 is 1.07 bits per heavy atom. The lowest BCUT2D eigenvalue weighted by atomic mass is 10.1. The van der Waals surface area contributed by atoms with Crippen molar-refractivity contribution in [1.29, 1.82) is 0 Å². The zero-order valence-electron chi connectivity index (χ0n) is 15.3. The van der Waals surface area contributed by atoms with E-state index in [2.05, 4.69) is 20.8 Å². The molecule has 3 rings (SSSR count). The monoisotopic (exact) mass is 380 g/mol. The molecule has 0 spiro atoms. The lowest BCUT2D eigenvalue weighted by Crippen LogP contribution is -2.30. The average Bonchev–Trinajstić information content (AvgIpc) is 3.16. The van der Waals surface area contributed by atoms with Crippen LogP contribution < -0.4 is 10.6 Å². The number of amides is 2. The molecule has 0 bridgehead atoms. The van der Waals surface area contributed by atoms with Gasteiger partial charge in [0.1, 0.15) is 0 Å². The molecule has 0 aliphatic heterocycles. The molecule has 28 heavy (non-hydrogen) atoms. The molecule has 0 aliphatic carbocycles. The number of aromatic nitrogens is 2. The number of rotatable bonds is 7. The topological polar surface area (TPSA) is 106 Å². The summed E-state index contributed by atoms with van der Waals surface area (Å²) in [6.45, 7) is 1.98. The Kier molecular flexibility index (Phi) is 6.35. The van der Waals surface area contributed by atoms with E-state index in [-0.39, 0.29) is 25.5 Å². The van der Waals surface area contributed by atoms with Crippen LogP contribution in [-0.4, -0.2) is 28.7 Å². The summed E-state index contributed by atoms with van der Waals surface area (Å²) in [7, 11) is 0. The largest absolute Gasteiger partial charge is 0.456 e. The third-order valence-corrected chi connectivity index (χ3v) is 3.86. The summed E-state index contributed by atoms with van der Waals surface area (Å²) in [4.78, 5) is 27.8. The molecular weight excluding hydrogens is 360 g/mol. The second kappa shape index (κ2) is 9.31. The van der Waals surface area contributed by atoms with E-state index in [9.17, 15) is 9.59 Å². The van der Waals surface area contributed by atoms with Crippen molar-refractivity contribution in [1.82, 2.24) is 15.5 Å². The second-order valence-electron chi connectivity index (χ2n) is 5.98. The highest BCUT2D eigenvalue weighted by atomic mass is 16.6. The number of anilines is 1. The molecule has 2 N–H and O–H groups in total. The number of benzene rings is 2. The summed E-state index contributed by atoms with van der Waals surface area (Å²) >= 11 is 0. The number of aryl methyl sites for hydroxylation is 1. The molecular formula is C20H20N4O4. The van der Waals surface area contributed by atoms with Crippen molar-refractivity contribution in [3.63, 3.8) is 0 Å². The summed E-state index contributed by atoms with van der Waals surface area (Å²) in [5, 5.41) is 9.16. The summed E-state index contributed by atoms with van der Waals surface area (Å²) < 4.78 is 10.2. The third-order valence-electron chi connectivity index (χ3n) is 3.86. The van der Waals surface area contributed by atoms with Crippen molar-refractivity contribution in [2.45, 2.75) is 20.0 Å². The van der Waals surface area contributed by atoms with Crippen LogP contribution in [0.15, 0.2) is 59.1 Å². The maximum Gasteiger partial charge on any atom is 0.319 e. The number of nitrogens with zero attached hydrogens (tertiary/aromatic N) is 2. The first-order valence-corrected chi connectivity index (χ1v) is 8.76. The zero-order chi connectivity index (χ0) is 19.8. The number of esters is 1. The highest BCUT2D eigenvalue weighted by molar-refractivity contribution is 5.89. The lowest BCUT2D eigenvalue weighted by Gasteiger charge is -2.07. The molecule has 8 heteroatoms. The first-order chi connectivity index (χ1) is 13.6. The summed E-state index contributed by atoms with van der Waals surface area (Å²) in [6.07, 6.45) is 0.0288. The molecule has 0 saturated carbocycles. The molecule has 2 aromatic carbocycles. The van der Waals surface area contributed by atoms with Gasteiger partial charge in [0.25, 0.3) is 5.89 Å². The van der Waals surface area contributed by atoms with Crippen LogP contribution in [0.5, 0.6) is 0 Å². The predicted molar refractivity (Wildman–Crippen MR) is 102 cm³/mol. The maximum absolute atomic E-state index is 11.8. The predicted octanol–water partition coefficient (Wildman–Crippen LogP) is 3.30. The van der Waals surface area contributed by atoms with Gasteiger partial charge in [-0.25, -0.2) is 4.79 Å². The third kappa shape index (κ3) is 5.41. The van der Waals surface area contributed by atoms with Gasteiger partial charge in [0.15, 0.2) is 6.61 Å². The summed E-state index contributed by atoms with van der Waals surface area (Å²) in [5.41, 5.74) is 2.55. The van der Waals surface area contributed by atoms with Crippen LogP contribution in [0.4, 0.5) is 10.5 Å². The Labute approximate surface area is 161 Å². The fourth-order valence-electron chi connectivity index (χ4n) is 2.44. The van der Waals surface area contributed by atoms with Gasteiger partial charge in [0.2, 0.25) is 5.82 Å². The Morgan fingerprint density at radius 2 is 1.82 bits per heavy atom. The van der Waals surface area contributed by atoms with Gasteiger partial charge >= 0.3 is 12.0 Å². The van der Waals surface area contributed by atoms with Gasteiger partial charge in [-0.2, -0.15) is 4.98 Å². The number of ether oxygens (including phenoxy) is 1. The number of carbonyl (C=O) groups is 2. The minimum atomic E-state index is -0.476. The number of para-hydroxylation sites is 1. The Bertz CT molecular complexity index is 940. The summed E-state index contributed by atoms with van der Waals surface area (Å²) in [5.74, 6) is 0.181. The Morgan fingerprint density at radius 3 is 2.61 bits per heavy atom. The van der Waals surface area contributed by atoms with Crippen molar-refractivity contribution in [3.8, 4) is 11.4 Å². The first kappa shape index (κ1) is 19.1. The van der Waals surface area contributed by atoms with Crippen molar-refractivity contribution in [2.75, 3.05) is 11.9 Å². The van der Waals surface area contributed by atoms with Gasteiger partial charge in [-0.15, -0.1) is 0 Å². The minimum absolute atomic E-state index is 0.0288. The number of nitrogens with one attached hydrogen (secondary N) is 2. The number of carbonyl (C=O) groups excluding carboxylic acids is 2. The van der Waals surface area contributed by atoms with E-state index in [1.807, 2.05) is 49.4 Å². The van der Waals surface area contributed by atoms with E-state index in [1.165, 1.54) is 0 Å². The van der Waals surface area contributed by atoms with Crippen LogP contribution in [-0.2, 0) is 16.1 Å². The molecule has 0 aliphatic rings. The molecule has 0 radical (unpaired) electrons. The quantitative estimate of drug-likeness (QED) is 0.609. The highest BCUT2D eigenvalue weighted by Gasteiger charge is 2.12. The summed E-state index contributed by atoms with van der Waals surface area (Å²) in [6, 6.07) is 16.3. The van der Waals surface area contributed by atoms with Crippen LogP contribution in [0.1, 0.15) is 17.9 Å². The van der Waals surface area contributed by atoms with Gasteiger partial charge in [0, 0.05) is 17.8 Å². The molecule has 1 aromatic heterocycles. The van der Waals surface area contributed by atoms with Crippen LogP contribution in [0.25, 0.3) is 11.4 Å². The van der Waals surface area contributed by atoms with Gasteiger partial charge in [-0.05, 0) is 24.6 Å². The van der Waals surface area contributed by atoms with Crippen molar-refractivity contribution < 1.29 is 18.8 Å². The van der Waals surface area contributed by atoms with E-state index in [4.69, 9.17) is 9.26 Å². The van der Waals surface area contributed by atoms with Gasteiger partial charge in [-0.3, -0.25) is 4.79 Å². The van der Waals surface area contributed by atoms with E-state index in [1.54, 1.807) is 12.1 Å². The molecule has 8 nitrogen and oxygen atoms in total. The molecule has 2 amide bonds. The standard InChI is InChI=1S/C20H20N4O4/c1-14-7-5-6-10-16(14)19-23-17(28-24-19)13-27-18(25)11-12-21-20(26)22-15-8-3-2-4-9-15/h2-10H,11-13H2,1H3,(H2,21,22,26). The SMILES string of the molecule is Cc1ccccc1-c1noc(COC(=O)CCNC(=O)Nc2ccccc2)n1. The molecule has 3 aromatic rings. The van der Waals surface area contributed by atoms with Crippen molar-refractivity contribution in [2.24, 2.45) is 0 Å². The highest BCUT2D eigenvalue weighted by Crippen LogP contribution is 2.19. The van der Waals surface area contributed by atoms with Crippen LogP contribution in [0.3, 0.4) is 0 Å². The first-order valence-electron chi connectivity index (χ1n) is 8.76. The van der Waals surface area contributed by atoms with Crippen molar-refractivity contribution >= 4 is 17.7 Å². The number of hydrogen-bond donors (Lipinski definition) is 2. The van der Waals surface area contributed by atoms with E-state index < -0.39 is 12.0 Å². The molecule has 0 unspecified atom stereocenters. The Hall–Kier alpha value is -3.68. The Balaban J connectivity index is 1.39. The fourth-order valence-corrected chi connectivity index (χ4v) is 2.44.